The van der Waals surface area contributed by atoms with Gasteiger partial charge in [0.1, 0.15) is 0 Å². The average molecular weight is 151 g/mol. The average Bonchev–Trinajstić information content (AvgIpc) is 2.40. The fourth-order valence-corrected chi connectivity index (χ4v) is 1.31. The smallest absolute Gasteiger partial charge is 0.203 e. The van der Waals surface area contributed by atoms with Crippen LogP contribution in [0.5, 0.6) is 0 Å². The van der Waals surface area contributed by atoms with Crippen molar-refractivity contribution >= 4 is 5.95 Å². The van der Waals surface area contributed by atoms with E-state index >= 15 is 0 Å². The first-order valence-electron chi connectivity index (χ1n) is 4.08. The molecule has 60 valence electrons. The van der Waals surface area contributed by atoms with Crippen molar-refractivity contribution in [3.63, 3.8) is 0 Å². The highest BCUT2D eigenvalue weighted by atomic mass is 15.3. The van der Waals surface area contributed by atoms with Gasteiger partial charge in [0.05, 0.1) is 5.69 Å². The molecule has 1 aliphatic heterocycles. The Bertz CT molecular complexity index is 241. The Balaban J connectivity index is 2.34. The van der Waals surface area contributed by atoms with Crippen LogP contribution in [-0.4, -0.2) is 16.1 Å². The Morgan fingerprint density at radius 3 is 3.09 bits per heavy atom. The van der Waals surface area contributed by atoms with Crippen molar-refractivity contribution in [2.24, 2.45) is 0 Å². The molecule has 0 unspecified atom stereocenters. The summed E-state index contributed by atoms with van der Waals surface area (Å²) in [5.74, 6) is 1.57. The van der Waals surface area contributed by atoms with Crippen LogP contribution in [0.3, 0.4) is 0 Å². The van der Waals surface area contributed by atoms with Gasteiger partial charge >= 0.3 is 0 Å². The summed E-state index contributed by atoms with van der Waals surface area (Å²) < 4.78 is 2.18. The van der Waals surface area contributed by atoms with Gasteiger partial charge in [0.2, 0.25) is 5.95 Å². The molecule has 0 fully saturated rings. The minimum absolute atomic E-state index is 0.537. The van der Waals surface area contributed by atoms with Crippen LogP contribution in [-0.2, 0) is 6.54 Å². The highest BCUT2D eigenvalue weighted by molar-refractivity contribution is 5.33. The van der Waals surface area contributed by atoms with E-state index in [0.717, 1.165) is 19.0 Å². The largest absolute Gasteiger partial charge is 0.354 e. The summed E-state index contributed by atoms with van der Waals surface area (Å²) in [6.45, 7) is 6.42. The molecule has 0 aliphatic carbocycles. The molecule has 0 spiro atoms. The van der Waals surface area contributed by atoms with Crippen LogP contribution in [0.2, 0.25) is 0 Å². The predicted octanol–water partition coefficient (Wildman–Crippen LogP) is 1.43. The zero-order valence-electron chi connectivity index (χ0n) is 6.96. The van der Waals surface area contributed by atoms with Crippen molar-refractivity contribution in [3.05, 3.63) is 11.9 Å². The van der Waals surface area contributed by atoms with Gasteiger partial charge in [-0.15, -0.1) is 0 Å². The predicted molar refractivity (Wildman–Crippen MR) is 44.8 cm³/mol. The number of imidazole rings is 1. The normalized spacial score (nSPS) is 15.2. The van der Waals surface area contributed by atoms with Gasteiger partial charge in [-0.3, -0.25) is 0 Å². The standard InChI is InChI=1S/C8H13N3/c1-6(2)7-5-11-4-3-9-8(11)10-7/h5-6H,3-4H2,1-2H3,(H,9,10). The van der Waals surface area contributed by atoms with Gasteiger partial charge in [-0.25, -0.2) is 4.98 Å². The van der Waals surface area contributed by atoms with E-state index in [1.165, 1.54) is 5.69 Å². The van der Waals surface area contributed by atoms with Crippen LogP contribution in [0.1, 0.15) is 25.5 Å². The lowest BCUT2D eigenvalue weighted by Gasteiger charge is -1.97. The molecule has 3 nitrogen and oxygen atoms in total. The summed E-state index contributed by atoms with van der Waals surface area (Å²) in [5.41, 5.74) is 1.19. The van der Waals surface area contributed by atoms with E-state index in [0.29, 0.717) is 5.92 Å². The monoisotopic (exact) mass is 151 g/mol. The number of nitrogens with zero attached hydrogens (tertiary/aromatic N) is 2. The number of anilines is 1. The quantitative estimate of drug-likeness (QED) is 0.658. The Hall–Kier alpha value is -0.990. The number of rotatable bonds is 1. The van der Waals surface area contributed by atoms with Gasteiger partial charge in [-0.1, -0.05) is 13.8 Å². The SMILES string of the molecule is CC(C)c1cn2c(n1)NCC2. The summed E-state index contributed by atoms with van der Waals surface area (Å²) in [5, 5.41) is 3.23. The Morgan fingerprint density at radius 1 is 1.64 bits per heavy atom. The molecule has 0 aromatic carbocycles. The molecular formula is C8H13N3. The number of aromatic nitrogens is 2. The summed E-state index contributed by atoms with van der Waals surface area (Å²) >= 11 is 0. The molecule has 1 aromatic rings. The van der Waals surface area contributed by atoms with Gasteiger partial charge in [0.15, 0.2) is 0 Å². The molecule has 2 heterocycles. The molecule has 0 amide bonds. The van der Waals surface area contributed by atoms with E-state index in [1.54, 1.807) is 0 Å². The molecule has 1 N–H and O–H groups in total. The molecule has 1 aromatic heterocycles. The van der Waals surface area contributed by atoms with Gasteiger partial charge < -0.3 is 9.88 Å². The van der Waals surface area contributed by atoms with Crippen LogP contribution in [0.4, 0.5) is 5.95 Å². The number of nitrogens with one attached hydrogen (secondary N) is 1. The minimum Gasteiger partial charge on any atom is -0.354 e. The molecule has 0 bridgehead atoms. The lowest BCUT2D eigenvalue weighted by molar-refractivity contribution is 0.786. The van der Waals surface area contributed by atoms with E-state index in [9.17, 15) is 0 Å². The topological polar surface area (TPSA) is 29.9 Å². The van der Waals surface area contributed by atoms with E-state index in [2.05, 4.69) is 34.9 Å². The number of hydrogen-bond acceptors (Lipinski definition) is 2. The zero-order chi connectivity index (χ0) is 7.84. The molecule has 2 rings (SSSR count). The van der Waals surface area contributed by atoms with E-state index < -0.39 is 0 Å². The van der Waals surface area contributed by atoms with Crippen LogP contribution in [0.25, 0.3) is 0 Å². The minimum atomic E-state index is 0.537. The molecule has 3 heteroatoms. The molecule has 0 saturated carbocycles. The third-order valence-corrected chi connectivity index (χ3v) is 2.02. The van der Waals surface area contributed by atoms with Gasteiger partial charge in [0.25, 0.3) is 0 Å². The third kappa shape index (κ3) is 1.00. The lowest BCUT2D eigenvalue weighted by Crippen LogP contribution is -1.96. The lowest BCUT2D eigenvalue weighted by atomic mass is 10.2. The van der Waals surface area contributed by atoms with Crippen LogP contribution < -0.4 is 5.32 Å². The van der Waals surface area contributed by atoms with E-state index in [1.807, 2.05) is 0 Å². The van der Waals surface area contributed by atoms with Crippen molar-refractivity contribution in [3.8, 4) is 0 Å². The van der Waals surface area contributed by atoms with E-state index in [4.69, 9.17) is 0 Å². The highest BCUT2D eigenvalue weighted by Gasteiger charge is 2.13. The van der Waals surface area contributed by atoms with E-state index in [-0.39, 0.29) is 0 Å². The molecule has 0 saturated heterocycles. The van der Waals surface area contributed by atoms with Crippen molar-refractivity contribution in [1.29, 1.82) is 0 Å². The fraction of sp³-hybridized carbons (Fsp3) is 0.625. The first kappa shape index (κ1) is 6.70. The first-order chi connectivity index (χ1) is 5.27. The van der Waals surface area contributed by atoms with Crippen LogP contribution in [0.15, 0.2) is 6.20 Å². The fourth-order valence-electron chi connectivity index (χ4n) is 1.31. The summed E-state index contributed by atoms with van der Waals surface area (Å²) in [7, 11) is 0. The summed E-state index contributed by atoms with van der Waals surface area (Å²) in [6, 6.07) is 0. The number of hydrogen-bond donors (Lipinski definition) is 1. The molecule has 0 radical (unpaired) electrons. The Labute approximate surface area is 66.4 Å². The van der Waals surface area contributed by atoms with Crippen molar-refractivity contribution in [2.45, 2.75) is 26.3 Å². The van der Waals surface area contributed by atoms with Crippen molar-refractivity contribution in [1.82, 2.24) is 9.55 Å². The van der Waals surface area contributed by atoms with Gasteiger partial charge in [-0.05, 0) is 5.92 Å². The first-order valence-corrected chi connectivity index (χ1v) is 4.08. The number of fused-ring (bicyclic) bond motifs is 1. The maximum Gasteiger partial charge on any atom is 0.203 e. The zero-order valence-corrected chi connectivity index (χ0v) is 6.96. The Morgan fingerprint density at radius 2 is 2.45 bits per heavy atom. The molecule has 11 heavy (non-hydrogen) atoms. The van der Waals surface area contributed by atoms with Crippen molar-refractivity contribution < 1.29 is 0 Å². The Kier molecular flexibility index (Phi) is 1.37. The molecular weight excluding hydrogens is 138 g/mol. The maximum atomic E-state index is 4.44. The van der Waals surface area contributed by atoms with Crippen LogP contribution >= 0.6 is 0 Å². The van der Waals surface area contributed by atoms with Crippen molar-refractivity contribution in [2.75, 3.05) is 11.9 Å². The second-order valence-corrected chi connectivity index (χ2v) is 3.26. The molecule has 0 atom stereocenters. The maximum absolute atomic E-state index is 4.44. The van der Waals surface area contributed by atoms with Gasteiger partial charge in [-0.2, -0.15) is 0 Å². The summed E-state index contributed by atoms with van der Waals surface area (Å²) in [4.78, 5) is 4.44. The summed E-state index contributed by atoms with van der Waals surface area (Å²) in [6.07, 6.45) is 2.14. The second kappa shape index (κ2) is 2.26. The van der Waals surface area contributed by atoms with Crippen LogP contribution in [0, 0.1) is 0 Å². The third-order valence-electron chi connectivity index (χ3n) is 2.02. The highest BCUT2D eigenvalue weighted by Crippen LogP contribution is 2.19. The molecule has 1 aliphatic rings. The van der Waals surface area contributed by atoms with Gasteiger partial charge in [0, 0.05) is 19.3 Å². The second-order valence-electron chi connectivity index (χ2n) is 3.26.